The molecular weight excluding hydrogens is 352 g/mol. The maximum atomic E-state index is 12.5. The Labute approximate surface area is 155 Å². The van der Waals surface area contributed by atoms with Gasteiger partial charge in [-0.15, -0.1) is 0 Å². The van der Waals surface area contributed by atoms with Crippen molar-refractivity contribution in [3.05, 3.63) is 35.4 Å². The predicted octanol–water partition coefficient (Wildman–Crippen LogP) is 1.77. The number of nitrogens with one attached hydrogen (secondary N) is 1. The Hall–Kier alpha value is -1.44. The number of carbonyl (C=O) groups is 1. The van der Waals surface area contributed by atoms with E-state index in [4.69, 9.17) is 4.74 Å². The van der Waals surface area contributed by atoms with Crippen LogP contribution in [-0.4, -0.2) is 51.0 Å². The minimum absolute atomic E-state index is 0.0404. The lowest BCUT2D eigenvalue weighted by Crippen LogP contribution is -2.41. The average Bonchev–Trinajstić information content (AvgIpc) is 3.26. The van der Waals surface area contributed by atoms with Gasteiger partial charge in [0.1, 0.15) is 0 Å². The molecule has 3 atom stereocenters. The first kappa shape index (κ1) is 17.9. The van der Waals surface area contributed by atoms with E-state index in [9.17, 15) is 13.2 Å². The zero-order valence-electron chi connectivity index (χ0n) is 14.9. The van der Waals surface area contributed by atoms with Gasteiger partial charge in [0.05, 0.1) is 19.0 Å². The molecule has 2 aliphatic carbocycles. The van der Waals surface area contributed by atoms with Gasteiger partial charge in [-0.3, -0.25) is 4.79 Å². The van der Waals surface area contributed by atoms with Gasteiger partial charge < -0.3 is 10.1 Å². The van der Waals surface area contributed by atoms with Gasteiger partial charge in [-0.2, -0.15) is 4.31 Å². The highest BCUT2D eigenvalue weighted by atomic mass is 32.2. The molecule has 26 heavy (non-hydrogen) atoms. The molecule has 0 unspecified atom stereocenters. The van der Waals surface area contributed by atoms with Gasteiger partial charge in [-0.05, 0) is 48.8 Å². The summed E-state index contributed by atoms with van der Waals surface area (Å²) >= 11 is 0. The van der Waals surface area contributed by atoms with Gasteiger partial charge in [0.25, 0.3) is 5.91 Å². The van der Waals surface area contributed by atoms with Crippen LogP contribution in [0, 0.1) is 11.8 Å². The highest BCUT2D eigenvalue weighted by Crippen LogP contribution is 2.44. The molecule has 1 aromatic rings. The summed E-state index contributed by atoms with van der Waals surface area (Å²) in [6.45, 7) is 1.71. The van der Waals surface area contributed by atoms with Crippen molar-refractivity contribution < 1.29 is 17.9 Å². The second kappa shape index (κ2) is 7.29. The van der Waals surface area contributed by atoms with Crippen LogP contribution in [0.15, 0.2) is 24.3 Å². The van der Waals surface area contributed by atoms with Crippen molar-refractivity contribution in [2.75, 3.05) is 26.3 Å². The molecular formula is C19H26N2O4S. The highest BCUT2D eigenvalue weighted by molar-refractivity contribution is 7.88. The summed E-state index contributed by atoms with van der Waals surface area (Å²) in [5, 5.41) is 3.17. The zero-order chi connectivity index (χ0) is 18.1. The average molecular weight is 378 g/mol. The van der Waals surface area contributed by atoms with Crippen LogP contribution in [0.5, 0.6) is 0 Å². The number of fused-ring (bicyclic) bond motifs is 2. The molecule has 4 rings (SSSR count). The third kappa shape index (κ3) is 3.80. The van der Waals surface area contributed by atoms with Gasteiger partial charge in [0.15, 0.2) is 0 Å². The van der Waals surface area contributed by atoms with Crippen molar-refractivity contribution in [3.63, 3.8) is 0 Å². The first-order valence-electron chi connectivity index (χ1n) is 9.46. The molecule has 2 saturated carbocycles. The number of benzene rings is 1. The van der Waals surface area contributed by atoms with E-state index in [0.29, 0.717) is 49.4 Å². The van der Waals surface area contributed by atoms with Crippen molar-refractivity contribution in [2.45, 2.75) is 37.5 Å². The predicted molar refractivity (Wildman–Crippen MR) is 98.2 cm³/mol. The number of hydrogen-bond donors (Lipinski definition) is 1. The van der Waals surface area contributed by atoms with E-state index in [0.717, 1.165) is 12.3 Å². The molecule has 2 bridgehead atoms. The monoisotopic (exact) mass is 378 g/mol. The topological polar surface area (TPSA) is 75.7 Å². The lowest BCUT2D eigenvalue weighted by Gasteiger charge is -2.26. The summed E-state index contributed by atoms with van der Waals surface area (Å²) < 4.78 is 31.6. The molecule has 1 N–H and O–H groups in total. The van der Waals surface area contributed by atoms with Crippen molar-refractivity contribution in [3.8, 4) is 0 Å². The van der Waals surface area contributed by atoms with E-state index in [2.05, 4.69) is 5.32 Å². The standard InChI is InChI=1S/C19H26N2O4S/c22-19(20-18-12-15-3-6-17(18)11-15)16-4-1-14(2-5-16)13-26(23,24)21-7-9-25-10-8-21/h1-2,4-5,15,17-18H,3,6-13H2,(H,20,22)/t15-,17-,18-/m0/s1. The molecule has 3 aliphatic rings. The molecule has 1 aromatic carbocycles. The Balaban J connectivity index is 1.36. The molecule has 1 heterocycles. The lowest BCUT2D eigenvalue weighted by molar-refractivity contribution is 0.0729. The number of hydrogen-bond acceptors (Lipinski definition) is 4. The van der Waals surface area contributed by atoms with Crippen molar-refractivity contribution in [2.24, 2.45) is 11.8 Å². The number of carbonyl (C=O) groups excluding carboxylic acids is 1. The molecule has 0 aromatic heterocycles. The fraction of sp³-hybridized carbons (Fsp3) is 0.632. The summed E-state index contributed by atoms with van der Waals surface area (Å²) in [4.78, 5) is 12.5. The number of ether oxygens (including phenoxy) is 1. The van der Waals surface area contributed by atoms with Crippen LogP contribution in [0.3, 0.4) is 0 Å². The molecule has 0 radical (unpaired) electrons. The Morgan fingerprint density at radius 1 is 1.12 bits per heavy atom. The molecule has 1 amide bonds. The first-order chi connectivity index (χ1) is 12.5. The molecule has 1 saturated heterocycles. The normalized spacial score (nSPS) is 29.0. The first-order valence-corrected chi connectivity index (χ1v) is 11.1. The van der Waals surface area contributed by atoms with Crippen molar-refractivity contribution in [1.82, 2.24) is 9.62 Å². The van der Waals surface area contributed by atoms with Crippen LogP contribution in [-0.2, 0) is 20.5 Å². The summed E-state index contributed by atoms with van der Waals surface area (Å²) in [6.07, 6.45) is 4.90. The fourth-order valence-electron chi connectivity index (χ4n) is 4.55. The van der Waals surface area contributed by atoms with Crippen molar-refractivity contribution in [1.29, 1.82) is 0 Å². The van der Waals surface area contributed by atoms with Gasteiger partial charge in [-0.1, -0.05) is 18.6 Å². The summed E-state index contributed by atoms with van der Waals surface area (Å²) in [7, 11) is -3.34. The fourth-order valence-corrected chi connectivity index (χ4v) is 6.05. The zero-order valence-corrected chi connectivity index (χ0v) is 15.7. The van der Waals surface area contributed by atoms with Gasteiger partial charge in [-0.25, -0.2) is 8.42 Å². The van der Waals surface area contributed by atoms with Gasteiger partial charge in [0, 0.05) is 24.7 Å². The van der Waals surface area contributed by atoms with Crippen LogP contribution in [0.25, 0.3) is 0 Å². The van der Waals surface area contributed by atoms with Gasteiger partial charge >= 0.3 is 0 Å². The molecule has 6 nitrogen and oxygen atoms in total. The van der Waals surface area contributed by atoms with Gasteiger partial charge in [0.2, 0.25) is 10.0 Å². The Bertz CT molecular complexity index is 756. The number of amides is 1. The lowest BCUT2D eigenvalue weighted by atomic mass is 9.95. The second-order valence-electron chi connectivity index (χ2n) is 7.72. The summed E-state index contributed by atoms with van der Waals surface area (Å²) in [5.74, 6) is 1.34. The van der Waals surface area contributed by atoms with E-state index in [1.54, 1.807) is 24.3 Å². The third-order valence-electron chi connectivity index (χ3n) is 5.98. The summed E-state index contributed by atoms with van der Waals surface area (Å²) in [6, 6.07) is 7.25. The van der Waals surface area contributed by atoms with Crippen LogP contribution >= 0.6 is 0 Å². The Morgan fingerprint density at radius 2 is 1.85 bits per heavy atom. The third-order valence-corrected chi connectivity index (χ3v) is 7.83. The highest BCUT2D eigenvalue weighted by Gasteiger charge is 2.40. The van der Waals surface area contributed by atoms with E-state index in [1.165, 1.54) is 23.6 Å². The summed E-state index contributed by atoms with van der Waals surface area (Å²) in [5.41, 5.74) is 1.30. The second-order valence-corrected chi connectivity index (χ2v) is 9.69. The molecule has 0 spiro atoms. The van der Waals surface area contributed by atoms with E-state index < -0.39 is 10.0 Å². The maximum absolute atomic E-state index is 12.5. The smallest absolute Gasteiger partial charge is 0.251 e. The molecule has 3 fully saturated rings. The number of rotatable bonds is 5. The van der Waals surface area contributed by atoms with Crippen LogP contribution < -0.4 is 5.32 Å². The number of morpholine rings is 1. The molecule has 142 valence electrons. The SMILES string of the molecule is O=C(N[C@H]1C[C@H]2CC[C@H]1C2)c1ccc(CS(=O)(=O)N2CCOCC2)cc1. The van der Waals surface area contributed by atoms with Crippen LogP contribution in [0.1, 0.15) is 41.6 Å². The Kier molecular flexibility index (Phi) is 5.03. The largest absolute Gasteiger partial charge is 0.379 e. The van der Waals surface area contributed by atoms with E-state index in [-0.39, 0.29) is 11.7 Å². The minimum atomic E-state index is -3.34. The Morgan fingerprint density at radius 3 is 2.46 bits per heavy atom. The number of nitrogens with zero attached hydrogens (tertiary/aromatic N) is 1. The molecule has 7 heteroatoms. The van der Waals surface area contributed by atoms with Crippen LogP contribution in [0.2, 0.25) is 0 Å². The van der Waals surface area contributed by atoms with Crippen LogP contribution in [0.4, 0.5) is 0 Å². The van der Waals surface area contributed by atoms with E-state index >= 15 is 0 Å². The van der Waals surface area contributed by atoms with E-state index in [1.807, 2.05) is 0 Å². The van der Waals surface area contributed by atoms with Crippen molar-refractivity contribution >= 4 is 15.9 Å². The quantitative estimate of drug-likeness (QED) is 0.847. The minimum Gasteiger partial charge on any atom is -0.379 e. The maximum Gasteiger partial charge on any atom is 0.251 e. The number of sulfonamides is 1. The molecule has 1 aliphatic heterocycles.